The average molecular weight is 240 g/mol. The summed E-state index contributed by atoms with van der Waals surface area (Å²) in [5, 5.41) is 9.28. The Morgan fingerprint density at radius 2 is 1.88 bits per heavy atom. The van der Waals surface area contributed by atoms with Crippen molar-refractivity contribution < 1.29 is 14.6 Å². The maximum Gasteiger partial charge on any atom is 0.309 e. The third-order valence-corrected chi connectivity index (χ3v) is 4.62. The summed E-state index contributed by atoms with van der Waals surface area (Å²) in [4.78, 5) is 11.3. The Kier molecular flexibility index (Phi) is 3.48. The van der Waals surface area contributed by atoms with Crippen LogP contribution in [0.15, 0.2) is 0 Å². The van der Waals surface area contributed by atoms with Crippen LogP contribution in [-0.2, 0) is 9.53 Å². The minimum atomic E-state index is -0.681. The molecule has 0 radical (unpaired) electrons. The zero-order chi connectivity index (χ0) is 12.5. The lowest BCUT2D eigenvalue weighted by Crippen LogP contribution is -2.52. The van der Waals surface area contributed by atoms with Crippen LogP contribution in [0.5, 0.6) is 0 Å². The summed E-state index contributed by atoms with van der Waals surface area (Å²) in [5.41, 5.74) is -0.469. The van der Waals surface area contributed by atoms with Crippen LogP contribution < -0.4 is 0 Å². The van der Waals surface area contributed by atoms with Crippen LogP contribution in [0, 0.1) is 16.7 Å². The highest BCUT2D eigenvalue weighted by Gasteiger charge is 2.50. The summed E-state index contributed by atoms with van der Waals surface area (Å²) in [7, 11) is 0. The summed E-state index contributed by atoms with van der Waals surface area (Å²) in [6, 6.07) is 0. The van der Waals surface area contributed by atoms with Crippen LogP contribution in [0.1, 0.15) is 52.4 Å². The highest BCUT2D eigenvalue weighted by Crippen LogP contribution is 2.50. The molecule has 17 heavy (non-hydrogen) atoms. The largest absolute Gasteiger partial charge is 0.481 e. The maximum absolute atomic E-state index is 11.3. The van der Waals surface area contributed by atoms with Crippen LogP contribution in [0.2, 0.25) is 0 Å². The van der Waals surface area contributed by atoms with Crippen molar-refractivity contribution in [3.63, 3.8) is 0 Å². The summed E-state index contributed by atoms with van der Waals surface area (Å²) in [6.07, 6.45) is 7.24. The first kappa shape index (κ1) is 12.9. The van der Waals surface area contributed by atoms with Gasteiger partial charge in [0.1, 0.15) is 0 Å². The Hall–Kier alpha value is -0.570. The molecule has 0 atom stereocenters. The molecule has 1 N–H and O–H groups in total. The molecule has 0 spiro atoms. The normalized spacial score (nSPS) is 25.3. The third-order valence-electron chi connectivity index (χ3n) is 4.62. The van der Waals surface area contributed by atoms with Crippen LogP contribution in [0.25, 0.3) is 0 Å². The zero-order valence-corrected chi connectivity index (χ0v) is 11.0. The van der Waals surface area contributed by atoms with Crippen molar-refractivity contribution >= 4 is 5.97 Å². The molecule has 3 heteroatoms. The molecule has 1 saturated carbocycles. The zero-order valence-electron chi connectivity index (χ0n) is 11.0. The summed E-state index contributed by atoms with van der Waals surface area (Å²) in [5.74, 6) is 0.00297. The topological polar surface area (TPSA) is 46.5 Å². The summed E-state index contributed by atoms with van der Waals surface area (Å²) < 4.78 is 5.42. The van der Waals surface area contributed by atoms with Gasteiger partial charge in [0, 0.05) is 5.41 Å². The van der Waals surface area contributed by atoms with Gasteiger partial charge in [-0.05, 0) is 39.0 Å². The molecule has 1 aliphatic heterocycles. The lowest BCUT2D eigenvalue weighted by Gasteiger charge is -2.51. The van der Waals surface area contributed by atoms with Crippen molar-refractivity contribution in [1.82, 2.24) is 0 Å². The Morgan fingerprint density at radius 3 is 2.29 bits per heavy atom. The number of rotatable bonds is 4. The fraction of sp³-hybridized carbons (Fsp3) is 0.929. The monoisotopic (exact) mass is 240 g/mol. The SMILES string of the molecule is CC(C)(CC1(C2CCCCC2)COC1)C(=O)O. The fourth-order valence-electron chi connectivity index (χ4n) is 3.52. The number of hydrogen-bond donors (Lipinski definition) is 1. The molecule has 1 heterocycles. The second-order valence-electron chi connectivity index (χ2n) is 6.56. The molecule has 0 unspecified atom stereocenters. The number of carbonyl (C=O) groups is 1. The molecule has 0 aromatic heterocycles. The summed E-state index contributed by atoms with van der Waals surface area (Å²) >= 11 is 0. The van der Waals surface area contributed by atoms with Gasteiger partial charge in [-0.3, -0.25) is 4.79 Å². The van der Waals surface area contributed by atoms with Gasteiger partial charge in [-0.15, -0.1) is 0 Å². The number of hydrogen-bond acceptors (Lipinski definition) is 2. The van der Waals surface area contributed by atoms with E-state index in [1.54, 1.807) is 0 Å². The van der Waals surface area contributed by atoms with E-state index in [1.165, 1.54) is 32.1 Å². The molecule has 3 nitrogen and oxygen atoms in total. The molecule has 0 aromatic rings. The second-order valence-corrected chi connectivity index (χ2v) is 6.56. The smallest absolute Gasteiger partial charge is 0.309 e. The minimum absolute atomic E-state index is 0.155. The van der Waals surface area contributed by atoms with E-state index >= 15 is 0 Å². The Bertz CT molecular complexity index is 286. The lowest BCUT2D eigenvalue weighted by atomic mass is 9.61. The van der Waals surface area contributed by atoms with Crippen molar-refractivity contribution in [2.75, 3.05) is 13.2 Å². The highest BCUT2D eigenvalue weighted by molar-refractivity contribution is 5.73. The molecule has 0 aromatic carbocycles. The number of aliphatic carboxylic acids is 1. The van der Waals surface area contributed by atoms with Gasteiger partial charge >= 0.3 is 5.97 Å². The highest BCUT2D eigenvalue weighted by atomic mass is 16.5. The van der Waals surface area contributed by atoms with Gasteiger partial charge in [-0.2, -0.15) is 0 Å². The molecular weight excluding hydrogens is 216 g/mol. The van der Waals surface area contributed by atoms with E-state index in [0.717, 1.165) is 19.6 Å². The van der Waals surface area contributed by atoms with Crippen molar-refractivity contribution in [1.29, 1.82) is 0 Å². The van der Waals surface area contributed by atoms with E-state index in [2.05, 4.69) is 0 Å². The van der Waals surface area contributed by atoms with Gasteiger partial charge < -0.3 is 9.84 Å². The first-order valence-corrected chi connectivity index (χ1v) is 6.77. The van der Waals surface area contributed by atoms with Crippen LogP contribution in [0.4, 0.5) is 0 Å². The van der Waals surface area contributed by atoms with Gasteiger partial charge in [-0.1, -0.05) is 19.3 Å². The summed E-state index contributed by atoms with van der Waals surface area (Å²) in [6.45, 7) is 5.24. The van der Waals surface area contributed by atoms with Crippen molar-refractivity contribution in [3.8, 4) is 0 Å². The fourth-order valence-corrected chi connectivity index (χ4v) is 3.52. The van der Waals surface area contributed by atoms with E-state index in [0.29, 0.717) is 5.92 Å². The molecule has 2 fully saturated rings. The first-order valence-electron chi connectivity index (χ1n) is 6.77. The molecule has 1 aliphatic carbocycles. The molecule has 1 saturated heterocycles. The van der Waals surface area contributed by atoms with Gasteiger partial charge in [0.15, 0.2) is 0 Å². The van der Waals surface area contributed by atoms with Gasteiger partial charge in [-0.25, -0.2) is 0 Å². The average Bonchev–Trinajstić information content (AvgIpc) is 2.24. The maximum atomic E-state index is 11.3. The van der Waals surface area contributed by atoms with Crippen molar-refractivity contribution in [3.05, 3.63) is 0 Å². The van der Waals surface area contributed by atoms with E-state index in [9.17, 15) is 9.90 Å². The first-order chi connectivity index (χ1) is 7.96. The van der Waals surface area contributed by atoms with Crippen LogP contribution >= 0.6 is 0 Å². The number of carboxylic acid groups (broad SMARTS) is 1. The van der Waals surface area contributed by atoms with Crippen molar-refractivity contribution in [2.24, 2.45) is 16.7 Å². The molecule has 2 rings (SSSR count). The minimum Gasteiger partial charge on any atom is -0.481 e. The predicted molar refractivity (Wildman–Crippen MR) is 65.9 cm³/mol. The van der Waals surface area contributed by atoms with Gasteiger partial charge in [0.05, 0.1) is 18.6 Å². The Balaban J connectivity index is 2.06. The Labute approximate surface area is 104 Å². The molecular formula is C14H24O3. The van der Waals surface area contributed by atoms with Crippen LogP contribution in [-0.4, -0.2) is 24.3 Å². The standard InChI is InChI=1S/C14H24O3/c1-13(2,12(15)16)8-14(9-17-10-14)11-6-4-3-5-7-11/h11H,3-10H2,1-2H3,(H,15,16). The number of carboxylic acids is 1. The quantitative estimate of drug-likeness (QED) is 0.821. The van der Waals surface area contributed by atoms with Gasteiger partial charge in [0.2, 0.25) is 0 Å². The van der Waals surface area contributed by atoms with E-state index in [-0.39, 0.29) is 5.41 Å². The molecule has 0 amide bonds. The number of ether oxygens (including phenoxy) is 1. The van der Waals surface area contributed by atoms with Crippen LogP contribution in [0.3, 0.4) is 0 Å². The lowest BCUT2D eigenvalue weighted by molar-refractivity contribution is -0.180. The van der Waals surface area contributed by atoms with E-state index < -0.39 is 11.4 Å². The molecule has 2 aliphatic rings. The molecule has 0 bridgehead atoms. The molecule has 98 valence electrons. The second kappa shape index (κ2) is 4.60. The van der Waals surface area contributed by atoms with Crippen molar-refractivity contribution in [2.45, 2.75) is 52.4 Å². The van der Waals surface area contributed by atoms with E-state index in [4.69, 9.17) is 4.74 Å². The predicted octanol–water partition coefficient (Wildman–Crippen LogP) is 3.08. The van der Waals surface area contributed by atoms with Gasteiger partial charge in [0.25, 0.3) is 0 Å². The third kappa shape index (κ3) is 2.49. The van der Waals surface area contributed by atoms with E-state index in [1.807, 2.05) is 13.8 Å². The Morgan fingerprint density at radius 1 is 1.29 bits per heavy atom.